The number of aromatic nitrogens is 5. The van der Waals surface area contributed by atoms with Gasteiger partial charge in [0.15, 0.2) is 5.52 Å². The highest BCUT2D eigenvalue weighted by atomic mass is 35.5. The van der Waals surface area contributed by atoms with Crippen LogP contribution in [0.1, 0.15) is 5.56 Å². The molecule has 12 heteroatoms. The fourth-order valence-electron chi connectivity index (χ4n) is 4.66. The Hall–Kier alpha value is -4.48. The maximum atomic E-state index is 12.8. The zero-order valence-corrected chi connectivity index (χ0v) is 21.8. The van der Waals surface area contributed by atoms with Crippen molar-refractivity contribution in [1.29, 1.82) is 0 Å². The number of aliphatic hydroxyl groups excluding tert-OH is 1. The number of rotatable bonds is 1. The summed E-state index contributed by atoms with van der Waals surface area (Å²) in [6.45, 7) is 0.737. The van der Waals surface area contributed by atoms with E-state index in [1.165, 1.54) is 32.8 Å². The van der Waals surface area contributed by atoms with E-state index in [1.807, 2.05) is 12.1 Å². The molecule has 1 aliphatic heterocycles. The summed E-state index contributed by atoms with van der Waals surface area (Å²) in [5, 5.41) is 8.26. The smallest absolute Gasteiger partial charge is 0.416 e. The SMILES string of the molecule is CO.O=c1[nH]c(=O)n2c3c1nc1cc(C(F)(F)F)ccc1[n+]3CC2.[Cl-].c1ccc(-c2cc3ccccc3[nH]2)cc1. The Morgan fingerprint density at radius 1 is 0.925 bits per heavy atom. The normalized spacial score (nSPS) is 11.9. The molecule has 0 amide bonds. The summed E-state index contributed by atoms with van der Waals surface area (Å²) in [5.41, 5.74) is 2.34. The van der Waals surface area contributed by atoms with E-state index in [4.69, 9.17) is 5.11 Å². The van der Waals surface area contributed by atoms with Crippen LogP contribution in [0.5, 0.6) is 0 Å². The Kier molecular flexibility index (Phi) is 8.08. The van der Waals surface area contributed by atoms with Gasteiger partial charge in [0, 0.05) is 23.7 Å². The number of H-pyrrole nitrogens is 2. The van der Waals surface area contributed by atoms with Crippen LogP contribution in [0.15, 0.2) is 88.5 Å². The van der Waals surface area contributed by atoms with E-state index in [0.717, 1.165) is 19.2 Å². The van der Waals surface area contributed by atoms with Crippen LogP contribution >= 0.6 is 0 Å². The molecule has 0 atom stereocenters. The molecule has 0 aliphatic carbocycles. The first-order valence-electron chi connectivity index (χ1n) is 11.9. The van der Waals surface area contributed by atoms with E-state index in [1.54, 1.807) is 4.57 Å². The number of halogens is 4. The third kappa shape index (κ3) is 5.21. The molecule has 3 aromatic carbocycles. The zero-order valence-electron chi connectivity index (χ0n) is 21.0. The lowest BCUT2D eigenvalue weighted by Gasteiger charge is -2.07. The van der Waals surface area contributed by atoms with Gasteiger partial charge in [0.25, 0.3) is 5.56 Å². The number of nitrogens with zero attached hydrogens (tertiary/aromatic N) is 3. The van der Waals surface area contributed by atoms with Gasteiger partial charge in [-0.05, 0) is 35.9 Å². The number of fused-ring (bicyclic) bond motifs is 3. The molecule has 1 aliphatic rings. The number of nitrogens with one attached hydrogen (secondary N) is 2. The van der Waals surface area contributed by atoms with Crippen molar-refractivity contribution in [3.8, 4) is 11.3 Å². The minimum atomic E-state index is -4.49. The van der Waals surface area contributed by atoms with E-state index in [0.29, 0.717) is 24.3 Å². The first-order chi connectivity index (χ1) is 18.8. The number of aryl methyl sites for hydroxylation is 2. The molecule has 6 aromatic rings. The minimum absolute atomic E-state index is 0. The van der Waals surface area contributed by atoms with Crippen LogP contribution in [-0.4, -0.2) is 31.7 Å². The van der Waals surface area contributed by atoms with E-state index in [2.05, 4.69) is 63.5 Å². The van der Waals surface area contributed by atoms with Gasteiger partial charge in [-0.2, -0.15) is 17.7 Å². The summed E-state index contributed by atoms with van der Waals surface area (Å²) in [4.78, 5) is 33.2. The molecule has 40 heavy (non-hydrogen) atoms. The van der Waals surface area contributed by atoms with E-state index in [-0.39, 0.29) is 23.4 Å². The second-order valence-electron chi connectivity index (χ2n) is 8.68. The average Bonchev–Trinajstić information content (AvgIpc) is 3.59. The van der Waals surface area contributed by atoms with E-state index < -0.39 is 23.0 Å². The molecule has 3 N–H and O–H groups in total. The number of benzene rings is 3. The van der Waals surface area contributed by atoms with Crippen LogP contribution < -0.4 is 28.2 Å². The topological polar surface area (TPSA) is 108 Å². The molecule has 0 unspecified atom stereocenters. The zero-order chi connectivity index (χ0) is 27.7. The maximum absolute atomic E-state index is 12.8. The number of aliphatic hydroxyl groups is 1. The molecular formula is C28H23ClF3N5O3. The van der Waals surface area contributed by atoms with Gasteiger partial charge in [-0.1, -0.05) is 48.5 Å². The Balaban J connectivity index is 0.000000180. The third-order valence-corrected chi connectivity index (χ3v) is 6.39. The van der Waals surface area contributed by atoms with Crippen molar-refractivity contribution < 1.29 is 35.3 Å². The van der Waals surface area contributed by atoms with Gasteiger partial charge in [-0.3, -0.25) is 9.78 Å². The Bertz CT molecular complexity index is 1900. The molecule has 206 valence electrons. The second-order valence-corrected chi connectivity index (χ2v) is 8.68. The standard InChI is InChI=1S/C14H11N.C13H7F3N4O2.CH4O.ClH/c1-2-6-11(7-3-1)14-10-12-8-4-5-9-13(12)15-14;14-13(15,16)6-1-2-8-7(5-6)17-9-10(21)18-12(22)20-4-3-19(8)11(9)20;1-2;/h1-10,15H;1-2,5H,3-4H2;2H,1H3;1H. The Morgan fingerprint density at radius 3 is 2.33 bits per heavy atom. The average molecular weight is 570 g/mol. The van der Waals surface area contributed by atoms with Crippen molar-refractivity contribution in [2.45, 2.75) is 19.3 Å². The molecule has 0 radical (unpaired) electrons. The van der Waals surface area contributed by atoms with Crippen LogP contribution in [-0.2, 0) is 19.3 Å². The Labute approximate surface area is 230 Å². The molecular weight excluding hydrogens is 547 g/mol. The highest BCUT2D eigenvalue weighted by Crippen LogP contribution is 2.31. The van der Waals surface area contributed by atoms with Gasteiger partial charge >= 0.3 is 17.5 Å². The number of alkyl halides is 3. The Morgan fingerprint density at radius 2 is 1.62 bits per heavy atom. The van der Waals surface area contributed by atoms with Crippen LogP contribution in [0.25, 0.3) is 44.4 Å². The van der Waals surface area contributed by atoms with E-state index in [9.17, 15) is 22.8 Å². The summed E-state index contributed by atoms with van der Waals surface area (Å²) in [5.74, 6) is 0. The van der Waals surface area contributed by atoms with Gasteiger partial charge < -0.3 is 22.5 Å². The van der Waals surface area contributed by atoms with Gasteiger partial charge in [-0.25, -0.2) is 14.3 Å². The number of para-hydroxylation sites is 1. The highest BCUT2D eigenvalue weighted by molar-refractivity contribution is 5.85. The van der Waals surface area contributed by atoms with Crippen molar-refractivity contribution in [3.05, 3.63) is 105 Å². The number of aromatic amines is 2. The maximum Gasteiger partial charge on any atom is 0.416 e. The van der Waals surface area contributed by atoms with Crippen molar-refractivity contribution >= 4 is 33.1 Å². The van der Waals surface area contributed by atoms with Crippen LogP contribution in [0.2, 0.25) is 0 Å². The summed E-state index contributed by atoms with van der Waals surface area (Å²) in [6.07, 6.45) is -4.49. The molecule has 0 fully saturated rings. The highest BCUT2D eigenvalue weighted by Gasteiger charge is 2.33. The van der Waals surface area contributed by atoms with Gasteiger partial charge in [0.1, 0.15) is 18.6 Å². The molecule has 3 aromatic heterocycles. The van der Waals surface area contributed by atoms with Crippen molar-refractivity contribution in [2.75, 3.05) is 7.11 Å². The van der Waals surface area contributed by atoms with Crippen molar-refractivity contribution in [3.63, 3.8) is 0 Å². The van der Waals surface area contributed by atoms with Crippen molar-refractivity contribution in [1.82, 2.24) is 19.5 Å². The quantitative estimate of drug-likeness (QED) is 0.203. The molecule has 0 saturated heterocycles. The van der Waals surface area contributed by atoms with E-state index >= 15 is 0 Å². The first-order valence-corrected chi connectivity index (χ1v) is 11.9. The third-order valence-electron chi connectivity index (χ3n) is 6.39. The summed E-state index contributed by atoms with van der Waals surface area (Å²) < 4.78 is 41.4. The first kappa shape index (κ1) is 28.5. The summed E-state index contributed by atoms with van der Waals surface area (Å²) in [7, 11) is 1.00. The van der Waals surface area contributed by atoms with Crippen molar-refractivity contribution in [2.24, 2.45) is 0 Å². The fourth-order valence-corrected chi connectivity index (χ4v) is 4.66. The molecule has 0 bridgehead atoms. The second kappa shape index (κ2) is 11.3. The largest absolute Gasteiger partial charge is 1.00 e. The van der Waals surface area contributed by atoms with Crippen LogP contribution in [0.4, 0.5) is 13.2 Å². The predicted molar refractivity (Wildman–Crippen MR) is 141 cm³/mol. The monoisotopic (exact) mass is 569 g/mol. The fraction of sp³-hybridized carbons (Fsp3) is 0.143. The molecule has 0 spiro atoms. The van der Waals surface area contributed by atoms with Crippen LogP contribution in [0.3, 0.4) is 0 Å². The minimum Gasteiger partial charge on any atom is -1.00 e. The summed E-state index contributed by atoms with van der Waals surface area (Å²) >= 11 is 0. The molecule has 8 nitrogen and oxygen atoms in total. The lowest BCUT2D eigenvalue weighted by atomic mass is 10.1. The number of hydrogen-bond acceptors (Lipinski definition) is 4. The number of hydrogen-bond donors (Lipinski definition) is 3. The lowest BCUT2D eigenvalue weighted by Crippen LogP contribution is -3.00. The lowest BCUT2D eigenvalue weighted by molar-refractivity contribution is -0.637. The van der Waals surface area contributed by atoms with Gasteiger partial charge in [0.2, 0.25) is 5.52 Å². The van der Waals surface area contributed by atoms with Crippen LogP contribution in [0, 0.1) is 0 Å². The molecule has 4 heterocycles. The molecule has 7 rings (SSSR count). The van der Waals surface area contributed by atoms with Gasteiger partial charge in [0.05, 0.1) is 5.56 Å². The molecule has 0 saturated carbocycles. The predicted octanol–water partition coefficient (Wildman–Crippen LogP) is 1.01. The summed E-state index contributed by atoms with van der Waals surface area (Å²) in [6, 6.07) is 24.1. The van der Waals surface area contributed by atoms with Gasteiger partial charge in [-0.15, -0.1) is 0 Å².